The van der Waals surface area contributed by atoms with Crippen molar-refractivity contribution in [2.24, 2.45) is 0 Å². The first-order valence-electron chi connectivity index (χ1n) is 5.31. The second kappa shape index (κ2) is 5.47. The minimum atomic E-state index is 0.498. The van der Waals surface area contributed by atoms with Crippen LogP contribution in [-0.2, 0) is 0 Å². The van der Waals surface area contributed by atoms with Crippen molar-refractivity contribution < 1.29 is 4.74 Å². The number of hydrogen-bond acceptors (Lipinski definition) is 3. The van der Waals surface area contributed by atoms with Gasteiger partial charge in [0.1, 0.15) is 12.4 Å². The van der Waals surface area contributed by atoms with E-state index in [0.29, 0.717) is 6.04 Å². The fourth-order valence-electron chi connectivity index (χ4n) is 1.73. The number of ether oxygens (including phenoxy) is 1. The third kappa shape index (κ3) is 3.47. The summed E-state index contributed by atoms with van der Waals surface area (Å²) in [6, 6.07) is 2.44. The monoisotopic (exact) mass is 270 g/mol. The number of nitrogens with zero attached hydrogens (tertiary/aromatic N) is 1. The molecule has 1 saturated heterocycles. The Bertz CT molecular complexity index is 313. The van der Waals surface area contributed by atoms with Crippen LogP contribution >= 0.6 is 15.9 Å². The van der Waals surface area contributed by atoms with Crippen molar-refractivity contribution in [2.45, 2.75) is 25.3 Å². The highest BCUT2D eigenvalue weighted by atomic mass is 79.9. The molecule has 0 aromatic carbocycles. The summed E-state index contributed by atoms with van der Waals surface area (Å²) >= 11 is 3.37. The molecular formula is C11H15BrN2O. The second-order valence-corrected chi connectivity index (χ2v) is 4.71. The number of aromatic nitrogens is 1. The maximum absolute atomic E-state index is 5.67. The van der Waals surface area contributed by atoms with Gasteiger partial charge in [-0.2, -0.15) is 0 Å². The van der Waals surface area contributed by atoms with Gasteiger partial charge in [-0.3, -0.25) is 4.98 Å². The molecule has 0 aliphatic carbocycles. The van der Waals surface area contributed by atoms with Gasteiger partial charge in [0.05, 0.1) is 6.20 Å². The van der Waals surface area contributed by atoms with E-state index >= 15 is 0 Å². The summed E-state index contributed by atoms with van der Waals surface area (Å²) in [4.78, 5) is 4.06. The zero-order valence-corrected chi connectivity index (χ0v) is 10.2. The van der Waals surface area contributed by atoms with Crippen molar-refractivity contribution in [3.63, 3.8) is 0 Å². The Morgan fingerprint density at radius 3 is 3.13 bits per heavy atom. The molecule has 2 rings (SSSR count). The lowest BCUT2D eigenvalue weighted by molar-refractivity contribution is 0.238. The van der Waals surface area contributed by atoms with Gasteiger partial charge < -0.3 is 10.1 Å². The lowest BCUT2D eigenvalue weighted by atomic mass is 10.1. The number of nitrogens with one attached hydrogen (secondary N) is 1. The Hall–Kier alpha value is -0.610. The molecule has 4 heteroatoms. The standard InChI is InChI=1S/C11H15BrN2O/c12-9-5-11(7-13-6-9)15-8-10-3-1-2-4-14-10/h5-7,10,14H,1-4,8H2. The summed E-state index contributed by atoms with van der Waals surface area (Å²) in [5.74, 6) is 0.830. The van der Waals surface area contributed by atoms with E-state index in [1.54, 1.807) is 12.4 Å². The first kappa shape index (κ1) is 10.9. The molecule has 3 nitrogen and oxygen atoms in total. The van der Waals surface area contributed by atoms with Crippen LogP contribution in [-0.4, -0.2) is 24.2 Å². The van der Waals surface area contributed by atoms with E-state index in [0.717, 1.165) is 23.4 Å². The van der Waals surface area contributed by atoms with Gasteiger partial charge in [-0.1, -0.05) is 6.42 Å². The topological polar surface area (TPSA) is 34.1 Å². The average molecular weight is 271 g/mol. The highest BCUT2D eigenvalue weighted by molar-refractivity contribution is 9.10. The Balaban J connectivity index is 1.81. The van der Waals surface area contributed by atoms with Crippen molar-refractivity contribution in [3.8, 4) is 5.75 Å². The highest BCUT2D eigenvalue weighted by Crippen LogP contribution is 2.16. The summed E-state index contributed by atoms with van der Waals surface area (Å²) in [5, 5.41) is 3.45. The van der Waals surface area contributed by atoms with E-state index in [1.807, 2.05) is 6.07 Å². The van der Waals surface area contributed by atoms with Gasteiger partial charge in [-0.15, -0.1) is 0 Å². The predicted molar refractivity (Wildman–Crippen MR) is 63.1 cm³/mol. The lowest BCUT2D eigenvalue weighted by Crippen LogP contribution is -2.38. The molecule has 0 saturated carbocycles. The molecule has 0 bridgehead atoms. The Morgan fingerprint density at radius 1 is 1.47 bits per heavy atom. The van der Waals surface area contributed by atoms with Crippen LogP contribution in [0.5, 0.6) is 5.75 Å². The molecule has 2 heterocycles. The summed E-state index contributed by atoms with van der Waals surface area (Å²) < 4.78 is 6.63. The van der Waals surface area contributed by atoms with Crippen molar-refractivity contribution in [1.29, 1.82) is 0 Å². The average Bonchev–Trinajstić information content (AvgIpc) is 2.28. The molecular weight excluding hydrogens is 256 g/mol. The van der Waals surface area contributed by atoms with E-state index in [1.165, 1.54) is 19.3 Å². The van der Waals surface area contributed by atoms with E-state index < -0.39 is 0 Å². The third-order valence-corrected chi connectivity index (χ3v) is 2.98. The first-order valence-corrected chi connectivity index (χ1v) is 6.10. The number of rotatable bonds is 3. The number of piperidine rings is 1. The van der Waals surface area contributed by atoms with E-state index in [-0.39, 0.29) is 0 Å². The summed E-state index contributed by atoms with van der Waals surface area (Å²) in [6.45, 7) is 1.85. The lowest BCUT2D eigenvalue weighted by Gasteiger charge is -2.23. The van der Waals surface area contributed by atoms with Crippen LogP contribution in [0.25, 0.3) is 0 Å². The SMILES string of the molecule is Brc1cncc(OCC2CCCCN2)c1. The molecule has 1 N–H and O–H groups in total. The zero-order chi connectivity index (χ0) is 10.5. The van der Waals surface area contributed by atoms with Crippen molar-refractivity contribution in [1.82, 2.24) is 10.3 Å². The van der Waals surface area contributed by atoms with Crippen molar-refractivity contribution in [2.75, 3.05) is 13.2 Å². The molecule has 1 aromatic rings. The van der Waals surface area contributed by atoms with Crippen LogP contribution in [0.2, 0.25) is 0 Å². The van der Waals surface area contributed by atoms with Crippen LogP contribution in [0.1, 0.15) is 19.3 Å². The van der Waals surface area contributed by atoms with Gasteiger partial charge in [0.2, 0.25) is 0 Å². The molecule has 1 aliphatic rings. The molecule has 1 unspecified atom stereocenters. The van der Waals surface area contributed by atoms with Crippen molar-refractivity contribution in [3.05, 3.63) is 22.9 Å². The maximum atomic E-state index is 5.67. The smallest absolute Gasteiger partial charge is 0.138 e. The van der Waals surface area contributed by atoms with Gasteiger partial charge in [-0.05, 0) is 41.4 Å². The highest BCUT2D eigenvalue weighted by Gasteiger charge is 2.12. The Morgan fingerprint density at radius 2 is 2.40 bits per heavy atom. The number of pyridine rings is 1. The van der Waals surface area contributed by atoms with Crippen LogP contribution in [0, 0.1) is 0 Å². The quantitative estimate of drug-likeness (QED) is 0.916. The first-order chi connectivity index (χ1) is 7.34. The summed E-state index contributed by atoms with van der Waals surface area (Å²) in [7, 11) is 0. The Kier molecular flexibility index (Phi) is 3.97. The molecule has 82 valence electrons. The largest absolute Gasteiger partial charge is 0.490 e. The molecule has 1 aliphatic heterocycles. The van der Waals surface area contributed by atoms with Gasteiger partial charge >= 0.3 is 0 Å². The fraction of sp³-hybridized carbons (Fsp3) is 0.545. The minimum Gasteiger partial charge on any atom is -0.490 e. The molecule has 1 atom stereocenters. The number of hydrogen-bond donors (Lipinski definition) is 1. The van der Waals surface area contributed by atoms with Crippen LogP contribution < -0.4 is 10.1 Å². The summed E-state index contributed by atoms with van der Waals surface area (Å²) in [5.41, 5.74) is 0. The minimum absolute atomic E-state index is 0.498. The van der Waals surface area contributed by atoms with E-state index in [9.17, 15) is 0 Å². The van der Waals surface area contributed by atoms with Crippen LogP contribution in [0.4, 0.5) is 0 Å². The maximum Gasteiger partial charge on any atom is 0.138 e. The summed E-state index contributed by atoms with van der Waals surface area (Å²) in [6.07, 6.45) is 7.30. The van der Waals surface area contributed by atoms with E-state index in [2.05, 4.69) is 26.2 Å². The van der Waals surface area contributed by atoms with E-state index in [4.69, 9.17) is 4.74 Å². The van der Waals surface area contributed by atoms with Gasteiger partial charge in [0, 0.05) is 16.7 Å². The molecule has 0 radical (unpaired) electrons. The predicted octanol–water partition coefficient (Wildman–Crippen LogP) is 2.36. The van der Waals surface area contributed by atoms with Crippen molar-refractivity contribution >= 4 is 15.9 Å². The zero-order valence-electron chi connectivity index (χ0n) is 8.58. The van der Waals surface area contributed by atoms with Crippen LogP contribution in [0.3, 0.4) is 0 Å². The van der Waals surface area contributed by atoms with Crippen LogP contribution in [0.15, 0.2) is 22.9 Å². The molecule has 15 heavy (non-hydrogen) atoms. The molecule has 1 aromatic heterocycles. The third-order valence-electron chi connectivity index (χ3n) is 2.54. The van der Waals surface area contributed by atoms with Gasteiger partial charge in [0.25, 0.3) is 0 Å². The second-order valence-electron chi connectivity index (χ2n) is 3.80. The Labute approximate surface area is 98.4 Å². The fourth-order valence-corrected chi connectivity index (χ4v) is 2.08. The van der Waals surface area contributed by atoms with Gasteiger partial charge in [0.15, 0.2) is 0 Å². The molecule has 0 amide bonds. The normalized spacial score (nSPS) is 21.3. The molecule has 1 fully saturated rings. The molecule has 0 spiro atoms. The number of halogens is 1. The van der Waals surface area contributed by atoms with Gasteiger partial charge in [-0.25, -0.2) is 0 Å².